The third-order valence-corrected chi connectivity index (χ3v) is 5.68. The number of hydrazone groups is 1. The Morgan fingerprint density at radius 1 is 0.939 bits per heavy atom. The number of hydrogen-bond donors (Lipinski definition) is 1. The molecular formula is C26H32Cl2N2O3. The molecule has 33 heavy (non-hydrogen) atoms. The number of hydrogen-bond acceptors (Lipinski definition) is 4. The van der Waals surface area contributed by atoms with Crippen LogP contribution < -0.4 is 10.2 Å². The molecule has 5 nitrogen and oxygen atoms in total. The topological polar surface area (TPSA) is 67.8 Å². The van der Waals surface area contributed by atoms with Gasteiger partial charge in [-0.3, -0.25) is 4.79 Å². The van der Waals surface area contributed by atoms with Gasteiger partial charge in [-0.1, -0.05) is 93.6 Å². The highest BCUT2D eigenvalue weighted by Crippen LogP contribution is 2.23. The number of carbonyl (C=O) groups excluding carboxylic acids is 2. The number of rotatable bonds is 14. The van der Waals surface area contributed by atoms with E-state index in [4.69, 9.17) is 27.9 Å². The van der Waals surface area contributed by atoms with Gasteiger partial charge in [0.2, 0.25) is 5.91 Å². The summed E-state index contributed by atoms with van der Waals surface area (Å²) in [5, 5.41) is 4.66. The fourth-order valence-corrected chi connectivity index (χ4v) is 3.79. The number of carbonyl (C=O) groups is 2. The lowest BCUT2D eigenvalue weighted by Crippen LogP contribution is -2.16. The van der Waals surface area contributed by atoms with Crippen molar-refractivity contribution in [2.45, 2.75) is 71.1 Å². The minimum Gasteiger partial charge on any atom is -0.423 e. The highest BCUT2D eigenvalue weighted by molar-refractivity contribution is 6.36. The van der Waals surface area contributed by atoms with Gasteiger partial charge < -0.3 is 4.74 Å². The molecule has 0 unspecified atom stereocenters. The van der Waals surface area contributed by atoms with Crippen LogP contribution in [0.4, 0.5) is 0 Å². The maximum atomic E-state index is 12.3. The van der Waals surface area contributed by atoms with Gasteiger partial charge in [-0.2, -0.15) is 5.10 Å². The molecule has 0 saturated carbocycles. The monoisotopic (exact) mass is 490 g/mol. The smallest absolute Gasteiger partial charge is 0.345 e. The van der Waals surface area contributed by atoms with E-state index < -0.39 is 5.97 Å². The number of unbranched alkanes of at least 4 members (excludes halogenated alkanes) is 8. The molecule has 2 rings (SSSR count). The summed E-state index contributed by atoms with van der Waals surface area (Å²) >= 11 is 11.9. The predicted molar refractivity (Wildman–Crippen MR) is 135 cm³/mol. The summed E-state index contributed by atoms with van der Waals surface area (Å²) in [5.41, 5.74) is 3.46. The Morgan fingerprint density at radius 2 is 1.64 bits per heavy atom. The summed E-state index contributed by atoms with van der Waals surface area (Å²) in [4.78, 5) is 24.3. The predicted octanol–water partition coefficient (Wildman–Crippen LogP) is 7.58. The molecule has 0 radical (unpaired) electrons. The van der Waals surface area contributed by atoms with Crippen LogP contribution in [0, 0.1) is 0 Å². The molecule has 178 valence electrons. The normalized spacial score (nSPS) is 11.0. The molecule has 1 N–H and O–H groups in total. The minimum atomic E-state index is -0.583. The number of nitrogens with zero attached hydrogens (tertiary/aromatic N) is 1. The van der Waals surface area contributed by atoms with Crippen molar-refractivity contribution < 1.29 is 14.3 Å². The van der Waals surface area contributed by atoms with Gasteiger partial charge in [0.25, 0.3) is 0 Å². The van der Waals surface area contributed by atoms with E-state index in [0.717, 1.165) is 12.8 Å². The maximum absolute atomic E-state index is 12.3. The van der Waals surface area contributed by atoms with Gasteiger partial charge in [0.05, 0.1) is 16.8 Å². The lowest BCUT2D eigenvalue weighted by molar-refractivity contribution is -0.121. The number of benzene rings is 2. The molecule has 1 amide bonds. The number of ether oxygens (including phenoxy) is 1. The molecule has 0 heterocycles. The lowest BCUT2D eigenvalue weighted by atomic mass is 10.1. The first-order valence-corrected chi connectivity index (χ1v) is 12.3. The summed E-state index contributed by atoms with van der Waals surface area (Å²) in [5.74, 6) is -0.342. The van der Waals surface area contributed by atoms with Gasteiger partial charge >= 0.3 is 5.97 Å². The molecule has 0 fully saturated rings. The van der Waals surface area contributed by atoms with Crippen LogP contribution in [0.2, 0.25) is 10.0 Å². The molecule has 0 aliphatic rings. The SMILES string of the molecule is CCCCCCCCCCCC(=O)N/N=C/c1cccc(OC(=O)c2ccc(Cl)cc2Cl)c1. The van der Waals surface area contributed by atoms with Crippen molar-refractivity contribution in [1.29, 1.82) is 0 Å². The molecule has 0 spiro atoms. The summed E-state index contributed by atoms with van der Waals surface area (Å²) in [6.45, 7) is 2.23. The van der Waals surface area contributed by atoms with Crippen molar-refractivity contribution in [2.75, 3.05) is 0 Å². The van der Waals surface area contributed by atoms with Crippen LogP contribution in [0.5, 0.6) is 5.75 Å². The average molecular weight is 491 g/mol. The summed E-state index contributed by atoms with van der Waals surface area (Å²) < 4.78 is 5.39. The molecule has 0 saturated heterocycles. The van der Waals surface area contributed by atoms with E-state index in [-0.39, 0.29) is 16.5 Å². The number of amides is 1. The Hall–Kier alpha value is -2.37. The fraction of sp³-hybridized carbons (Fsp3) is 0.423. The Morgan fingerprint density at radius 3 is 2.33 bits per heavy atom. The molecule has 0 aromatic heterocycles. The van der Waals surface area contributed by atoms with Gasteiger partial charge in [-0.25, -0.2) is 10.2 Å². The van der Waals surface area contributed by atoms with Gasteiger partial charge in [0.15, 0.2) is 0 Å². The van der Waals surface area contributed by atoms with Gasteiger partial charge in [-0.15, -0.1) is 0 Å². The van der Waals surface area contributed by atoms with E-state index in [9.17, 15) is 9.59 Å². The number of nitrogens with one attached hydrogen (secondary N) is 1. The summed E-state index contributed by atoms with van der Waals surface area (Å²) in [7, 11) is 0. The number of esters is 1. The number of halogens is 2. The third kappa shape index (κ3) is 10.9. The maximum Gasteiger partial charge on any atom is 0.345 e. The van der Waals surface area contributed by atoms with Crippen LogP contribution in [-0.4, -0.2) is 18.1 Å². The Kier molecular flexibility index (Phi) is 12.6. The molecule has 0 bridgehead atoms. The third-order valence-electron chi connectivity index (χ3n) is 5.13. The molecule has 2 aromatic carbocycles. The molecule has 0 atom stereocenters. The summed E-state index contributed by atoms with van der Waals surface area (Å²) in [6.07, 6.45) is 12.9. The van der Waals surface area contributed by atoms with Crippen LogP contribution in [0.1, 0.15) is 87.1 Å². The molecular weight excluding hydrogens is 459 g/mol. The first kappa shape index (κ1) is 26.9. The average Bonchev–Trinajstić information content (AvgIpc) is 2.78. The second-order valence-corrected chi connectivity index (χ2v) is 8.80. The zero-order valence-corrected chi connectivity index (χ0v) is 20.6. The van der Waals surface area contributed by atoms with Crippen molar-refractivity contribution in [3.63, 3.8) is 0 Å². The van der Waals surface area contributed by atoms with Crippen LogP contribution in [0.3, 0.4) is 0 Å². The van der Waals surface area contributed by atoms with Crippen LogP contribution in [-0.2, 0) is 4.79 Å². The summed E-state index contributed by atoms with van der Waals surface area (Å²) in [6, 6.07) is 11.4. The quantitative estimate of drug-likeness (QED) is 0.0974. The zero-order chi connectivity index (χ0) is 23.9. The standard InChI is InChI=1S/C26H32Cl2N2O3/c1-2-3-4-5-6-7-8-9-10-14-25(31)30-29-19-20-12-11-13-22(17-20)33-26(32)23-16-15-21(27)18-24(23)28/h11-13,15-19H,2-10,14H2,1H3,(H,30,31)/b29-19+. The highest BCUT2D eigenvalue weighted by atomic mass is 35.5. The van der Waals surface area contributed by atoms with Crippen molar-refractivity contribution >= 4 is 41.3 Å². The lowest BCUT2D eigenvalue weighted by Gasteiger charge is -2.07. The van der Waals surface area contributed by atoms with Crippen molar-refractivity contribution in [3.05, 3.63) is 63.6 Å². The van der Waals surface area contributed by atoms with Gasteiger partial charge in [0, 0.05) is 11.4 Å². The van der Waals surface area contributed by atoms with E-state index in [0.29, 0.717) is 22.8 Å². The molecule has 7 heteroatoms. The van der Waals surface area contributed by atoms with Crippen LogP contribution >= 0.6 is 23.2 Å². The van der Waals surface area contributed by atoms with Crippen molar-refractivity contribution in [2.24, 2.45) is 5.10 Å². The van der Waals surface area contributed by atoms with E-state index in [2.05, 4.69) is 17.5 Å². The van der Waals surface area contributed by atoms with Crippen molar-refractivity contribution in [1.82, 2.24) is 5.43 Å². The minimum absolute atomic E-state index is 0.103. The first-order chi connectivity index (χ1) is 16.0. The van der Waals surface area contributed by atoms with Gasteiger partial charge in [-0.05, 0) is 42.3 Å². The Labute approximate surface area is 206 Å². The van der Waals surface area contributed by atoms with E-state index in [1.807, 2.05) is 0 Å². The fourth-order valence-electron chi connectivity index (χ4n) is 3.31. The zero-order valence-electron chi connectivity index (χ0n) is 19.1. The van der Waals surface area contributed by atoms with Gasteiger partial charge in [0.1, 0.15) is 5.75 Å². The second kappa shape index (κ2) is 15.5. The molecule has 2 aromatic rings. The van der Waals surface area contributed by atoms with E-state index >= 15 is 0 Å². The largest absolute Gasteiger partial charge is 0.423 e. The first-order valence-electron chi connectivity index (χ1n) is 11.6. The second-order valence-electron chi connectivity index (χ2n) is 7.96. The van der Waals surface area contributed by atoms with E-state index in [1.165, 1.54) is 63.3 Å². The molecule has 0 aliphatic carbocycles. The Bertz CT molecular complexity index is 932. The van der Waals surface area contributed by atoms with Crippen LogP contribution in [0.15, 0.2) is 47.6 Å². The highest BCUT2D eigenvalue weighted by Gasteiger charge is 2.13. The van der Waals surface area contributed by atoms with Crippen molar-refractivity contribution in [3.8, 4) is 5.75 Å². The van der Waals surface area contributed by atoms with Crippen LogP contribution in [0.25, 0.3) is 0 Å². The molecule has 0 aliphatic heterocycles. The van der Waals surface area contributed by atoms with E-state index in [1.54, 1.807) is 30.3 Å². The Balaban J connectivity index is 1.70.